The fourth-order valence-electron chi connectivity index (χ4n) is 1.79. The molecule has 2 rings (SSSR count). The summed E-state index contributed by atoms with van der Waals surface area (Å²) in [6.45, 7) is 4.03. The molecule has 0 aromatic carbocycles. The molecule has 1 aromatic heterocycles. The fraction of sp³-hybridized carbons (Fsp3) is 0.636. The number of hydrogen-bond donors (Lipinski definition) is 1. The van der Waals surface area contributed by atoms with Crippen LogP contribution in [-0.4, -0.2) is 29.7 Å². The van der Waals surface area contributed by atoms with Crippen molar-refractivity contribution in [3.63, 3.8) is 0 Å². The van der Waals surface area contributed by atoms with Crippen molar-refractivity contribution in [3.8, 4) is 0 Å². The zero-order chi connectivity index (χ0) is 11.4. The van der Waals surface area contributed by atoms with Gasteiger partial charge in [-0.1, -0.05) is 0 Å². The van der Waals surface area contributed by atoms with Gasteiger partial charge in [0.2, 0.25) is 0 Å². The average molecular weight is 225 g/mol. The van der Waals surface area contributed by atoms with Crippen molar-refractivity contribution in [3.05, 3.63) is 17.8 Å². The molecule has 0 aliphatic carbocycles. The summed E-state index contributed by atoms with van der Waals surface area (Å²) in [6, 6.07) is 0. The lowest BCUT2D eigenvalue weighted by Crippen LogP contribution is -2.11. The minimum Gasteiger partial charge on any atom is -0.381 e. The molecule has 88 valence electrons. The van der Waals surface area contributed by atoms with Crippen LogP contribution in [0.15, 0.2) is 6.33 Å². The SMILES string of the molecule is Cc1ncnc(NCCC2CCOC2)c1F. The Morgan fingerprint density at radius 2 is 2.44 bits per heavy atom. The van der Waals surface area contributed by atoms with Gasteiger partial charge in [-0.2, -0.15) is 0 Å². The largest absolute Gasteiger partial charge is 0.381 e. The third-order valence-corrected chi connectivity index (χ3v) is 2.83. The molecule has 1 aliphatic rings. The van der Waals surface area contributed by atoms with Gasteiger partial charge in [0.15, 0.2) is 11.6 Å². The molecule has 2 heterocycles. The summed E-state index contributed by atoms with van der Waals surface area (Å²) < 4.78 is 18.8. The Morgan fingerprint density at radius 3 is 3.19 bits per heavy atom. The summed E-state index contributed by atoms with van der Waals surface area (Å²) in [6.07, 6.45) is 3.47. The van der Waals surface area contributed by atoms with Crippen molar-refractivity contribution in [1.29, 1.82) is 0 Å². The van der Waals surface area contributed by atoms with Crippen LogP contribution in [0.2, 0.25) is 0 Å². The zero-order valence-corrected chi connectivity index (χ0v) is 9.37. The van der Waals surface area contributed by atoms with Crippen LogP contribution in [0.1, 0.15) is 18.5 Å². The maximum absolute atomic E-state index is 13.5. The molecule has 1 fully saturated rings. The van der Waals surface area contributed by atoms with E-state index in [9.17, 15) is 4.39 Å². The molecule has 4 nitrogen and oxygen atoms in total. The van der Waals surface area contributed by atoms with Crippen molar-refractivity contribution in [1.82, 2.24) is 9.97 Å². The second-order valence-electron chi connectivity index (χ2n) is 4.07. The molecule has 1 aliphatic heterocycles. The van der Waals surface area contributed by atoms with Gasteiger partial charge in [0.05, 0.1) is 5.69 Å². The second-order valence-corrected chi connectivity index (χ2v) is 4.07. The first-order chi connectivity index (χ1) is 7.77. The minimum absolute atomic E-state index is 0.298. The van der Waals surface area contributed by atoms with Gasteiger partial charge in [-0.15, -0.1) is 0 Å². The number of anilines is 1. The summed E-state index contributed by atoms with van der Waals surface area (Å²) >= 11 is 0. The number of rotatable bonds is 4. The van der Waals surface area contributed by atoms with Gasteiger partial charge < -0.3 is 10.1 Å². The molecular weight excluding hydrogens is 209 g/mol. The molecule has 1 N–H and O–H groups in total. The highest BCUT2D eigenvalue weighted by atomic mass is 19.1. The van der Waals surface area contributed by atoms with Gasteiger partial charge >= 0.3 is 0 Å². The van der Waals surface area contributed by atoms with Gasteiger partial charge in [-0.05, 0) is 25.7 Å². The normalized spacial score (nSPS) is 20.0. The first-order valence-electron chi connectivity index (χ1n) is 5.56. The number of halogens is 1. The summed E-state index contributed by atoms with van der Waals surface area (Å²) in [5.74, 6) is 0.537. The summed E-state index contributed by atoms with van der Waals surface area (Å²) in [5.41, 5.74) is 0.377. The molecule has 0 amide bonds. The molecule has 0 bridgehead atoms. The predicted octanol–water partition coefficient (Wildman–Crippen LogP) is 1.76. The fourth-order valence-corrected chi connectivity index (χ4v) is 1.79. The van der Waals surface area contributed by atoms with E-state index in [1.54, 1.807) is 6.92 Å². The number of nitrogens with one attached hydrogen (secondary N) is 1. The Hall–Kier alpha value is -1.23. The maximum atomic E-state index is 13.5. The van der Waals surface area contributed by atoms with Crippen LogP contribution in [0.25, 0.3) is 0 Å². The smallest absolute Gasteiger partial charge is 0.186 e. The van der Waals surface area contributed by atoms with Gasteiger partial charge in [0.25, 0.3) is 0 Å². The zero-order valence-electron chi connectivity index (χ0n) is 9.37. The number of aromatic nitrogens is 2. The average Bonchev–Trinajstić information content (AvgIpc) is 2.77. The topological polar surface area (TPSA) is 47.0 Å². The van der Waals surface area contributed by atoms with E-state index in [1.165, 1.54) is 6.33 Å². The first kappa shape index (κ1) is 11.3. The summed E-state index contributed by atoms with van der Waals surface area (Å²) in [4.78, 5) is 7.65. The molecule has 0 spiro atoms. The number of aryl methyl sites for hydroxylation is 1. The molecule has 1 unspecified atom stereocenters. The Bertz CT molecular complexity index is 353. The molecule has 1 saturated heterocycles. The van der Waals surface area contributed by atoms with Gasteiger partial charge in [0, 0.05) is 19.8 Å². The van der Waals surface area contributed by atoms with Crippen LogP contribution in [-0.2, 0) is 4.74 Å². The van der Waals surface area contributed by atoms with Crippen molar-refractivity contribution in [2.45, 2.75) is 19.8 Å². The lowest BCUT2D eigenvalue weighted by molar-refractivity contribution is 0.185. The van der Waals surface area contributed by atoms with Crippen LogP contribution >= 0.6 is 0 Å². The van der Waals surface area contributed by atoms with Crippen molar-refractivity contribution in [2.75, 3.05) is 25.1 Å². The lowest BCUT2D eigenvalue weighted by Gasteiger charge is -2.10. The maximum Gasteiger partial charge on any atom is 0.186 e. The highest BCUT2D eigenvalue weighted by Crippen LogP contribution is 2.17. The van der Waals surface area contributed by atoms with E-state index in [-0.39, 0.29) is 5.82 Å². The predicted molar refractivity (Wildman–Crippen MR) is 58.8 cm³/mol. The standard InChI is InChI=1S/C11H16FN3O/c1-8-10(12)11(15-7-14-8)13-4-2-9-3-5-16-6-9/h7,9H,2-6H2,1H3,(H,13,14,15). The summed E-state index contributed by atoms with van der Waals surface area (Å²) in [5, 5.41) is 3.00. The second kappa shape index (κ2) is 5.21. The highest BCUT2D eigenvalue weighted by Gasteiger charge is 2.15. The van der Waals surface area contributed by atoms with E-state index in [4.69, 9.17) is 4.74 Å². The van der Waals surface area contributed by atoms with Gasteiger partial charge in [-0.25, -0.2) is 14.4 Å². The van der Waals surface area contributed by atoms with E-state index < -0.39 is 0 Å². The minimum atomic E-state index is -0.356. The van der Waals surface area contributed by atoms with E-state index in [2.05, 4.69) is 15.3 Å². The number of nitrogens with zero attached hydrogens (tertiary/aromatic N) is 2. The third-order valence-electron chi connectivity index (χ3n) is 2.83. The van der Waals surface area contributed by atoms with E-state index in [1.807, 2.05) is 0 Å². The van der Waals surface area contributed by atoms with Crippen molar-refractivity contribution in [2.24, 2.45) is 5.92 Å². The number of ether oxygens (including phenoxy) is 1. The molecule has 1 atom stereocenters. The lowest BCUT2D eigenvalue weighted by atomic mass is 10.1. The molecular formula is C11H16FN3O. The quantitative estimate of drug-likeness (QED) is 0.848. The van der Waals surface area contributed by atoms with Gasteiger partial charge in [0.1, 0.15) is 6.33 Å². The van der Waals surface area contributed by atoms with Crippen molar-refractivity contribution < 1.29 is 9.13 Å². The van der Waals surface area contributed by atoms with Gasteiger partial charge in [-0.3, -0.25) is 0 Å². The Labute approximate surface area is 94.2 Å². The highest BCUT2D eigenvalue weighted by molar-refractivity contribution is 5.36. The van der Waals surface area contributed by atoms with Crippen molar-refractivity contribution >= 4 is 5.82 Å². The van der Waals surface area contributed by atoms with E-state index in [0.717, 1.165) is 32.6 Å². The molecule has 0 saturated carbocycles. The number of hydrogen-bond acceptors (Lipinski definition) is 4. The molecule has 1 aromatic rings. The Kier molecular flexibility index (Phi) is 3.66. The van der Waals surface area contributed by atoms with Crippen LogP contribution in [0, 0.1) is 18.7 Å². The van der Waals surface area contributed by atoms with E-state index >= 15 is 0 Å². The molecule has 16 heavy (non-hydrogen) atoms. The van der Waals surface area contributed by atoms with Crippen LogP contribution in [0.3, 0.4) is 0 Å². The van der Waals surface area contributed by atoms with Crippen LogP contribution < -0.4 is 5.32 Å². The van der Waals surface area contributed by atoms with Crippen LogP contribution in [0.5, 0.6) is 0 Å². The third kappa shape index (κ3) is 2.66. The van der Waals surface area contributed by atoms with Crippen LogP contribution in [0.4, 0.5) is 10.2 Å². The Balaban J connectivity index is 1.82. The van der Waals surface area contributed by atoms with E-state index in [0.29, 0.717) is 17.4 Å². The summed E-state index contributed by atoms with van der Waals surface area (Å²) in [7, 11) is 0. The first-order valence-corrected chi connectivity index (χ1v) is 5.56. The molecule has 5 heteroatoms. The monoisotopic (exact) mass is 225 g/mol. The Morgan fingerprint density at radius 1 is 1.56 bits per heavy atom. The molecule has 0 radical (unpaired) electrons.